The number of ether oxygens (including phenoxy) is 1. The first-order valence-electron chi connectivity index (χ1n) is 2.39. The summed E-state index contributed by atoms with van der Waals surface area (Å²) >= 11 is 0. The predicted octanol–water partition coefficient (Wildman–Crippen LogP) is 0.787. The molecule has 1 N–H and O–H groups in total. The molecule has 0 unspecified atom stereocenters. The molecular weight excluding hydrogens is 120 g/mol. The Morgan fingerprint density at radius 1 is 1.78 bits per heavy atom. The highest BCUT2D eigenvalue weighted by molar-refractivity contribution is 5.81. The van der Waals surface area contributed by atoms with Gasteiger partial charge in [0.1, 0.15) is 6.61 Å². The minimum absolute atomic E-state index is 0.0847. The molecule has 0 atom stereocenters. The molecule has 0 saturated heterocycles. The zero-order chi connectivity index (χ0) is 7.11. The van der Waals surface area contributed by atoms with Gasteiger partial charge in [0.2, 0.25) is 0 Å². The number of esters is 1. The molecule has 0 aromatic heterocycles. The number of rotatable bonds is 3. The minimum Gasteiger partial charge on any atom is -0.516 e. The Bertz CT molecular complexity index is 126. The molecule has 0 bridgehead atoms. The first kappa shape index (κ1) is 7.75. The molecule has 3 nitrogen and oxygen atoms in total. The first-order chi connectivity index (χ1) is 4.31. The molecule has 0 spiro atoms. The third kappa shape index (κ3) is 4.61. The van der Waals surface area contributed by atoms with Gasteiger partial charge in [-0.25, -0.2) is 4.79 Å². The second kappa shape index (κ2) is 4.90. The molecule has 50 valence electrons. The highest BCUT2D eigenvalue weighted by atomic mass is 16.5. The smallest absolute Gasteiger partial charge is 0.330 e. The van der Waals surface area contributed by atoms with Crippen molar-refractivity contribution in [3.8, 4) is 0 Å². The van der Waals surface area contributed by atoms with Gasteiger partial charge in [0.25, 0.3) is 0 Å². The summed E-state index contributed by atoms with van der Waals surface area (Å²) in [6.07, 6.45) is 3.18. The zero-order valence-corrected chi connectivity index (χ0v) is 4.91. The Morgan fingerprint density at radius 3 is 2.89 bits per heavy atom. The Labute approximate surface area is 53.3 Å². The summed E-state index contributed by atoms with van der Waals surface area (Å²) in [5.74, 6) is -0.492. The van der Waals surface area contributed by atoms with Crippen LogP contribution in [0.5, 0.6) is 0 Å². The van der Waals surface area contributed by atoms with E-state index in [1.54, 1.807) is 0 Å². The standard InChI is InChI=1S/C6H8O3/c1-2-6(8)9-5-3-4-7/h2-4,7H,1,5H2/b4-3+. The maximum Gasteiger partial charge on any atom is 0.330 e. The van der Waals surface area contributed by atoms with Crippen molar-refractivity contribution in [2.24, 2.45) is 0 Å². The summed E-state index contributed by atoms with van der Waals surface area (Å²) in [5, 5.41) is 8.05. The van der Waals surface area contributed by atoms with E-state index in [1.807, 2.05) is 0 Å². The Kier molecular flexibility index (Phi) is 4.22. The van der Waals surface area contributed by atoms with E-state index in [0.29, 0.717) is 0 Å². The third-order valence-corrected chi connectivity index (χ3v) is 0.594. The van der Waals surface area contributed by atoms with Crippen LogP contribution in [0.1, 0.15) is 0 Å². The molecular formula is C6H8O3. The lowest BCUT2D eigenvalue weighted by molar-refractivity contribution is -0.136. The fourth-order valence-corrected chi connectivity index (χ4v) is 0.232. The fraction of sp³-hybridized carbons (Fsp3) is 0.167. The van der Waals surface area contributed by atoms with Crippen LogP contribution in [0, 0.1) is 0 Å². The van der Waals surface area contributed by atoms with Gasteiger partial charge in [0, 0.05) is 6.08 Å². The van der Waals surface area contributed by atoms with Gasteiger partial charge >= 0.3 is 5.97 Å². The number of carbonyl (C=O) groups is 1. The number of carbonyl (C=O) groups excluding carboxylic acids is 1. The van der Waals surface area contributed by atoms with Crippen LogP contribution in [0.2, 0.25) is 0 Å². The number of hydrogen-bond acceptors (Lipinski definition) is 3. The van der Waals surface area contributed by atoms with E-state index in [2.05, 4.69) is 11.3 Å². The van der Waals surface area contributed by atoms with Crippen LogP contribution < -0.4 is 0 Å². The van der Waals surface area contributed by atoms with E-state index in [9.17, 15) is 4.79 Å². The summed E-state index contributed by atoms with van der Waals surface area (Å²) in [5.41, 5.74) is 0. The summed E-state index contributed by atoms with van der Waals surface area (Å²) in [6.45, 7) is 3.26. The molecule has 0 radical (unpaired) electrons. The van der Waals surface area contributed by atoms with Crippen molar-refractivity contribution < 1.29 is 14.6 Å². The second-order valence-corrected chi connectivity index (χ2v) is 1.22. The lowest BCUT2D eigenvalue weighted by Gasteiger charge is -1.92. The van der Waals surface area contributed by atoms with E-state index < -0.39 is 5.97 Å². The molecule has 0 fully saturated rings. The average Bonchev–Trinajstić information content (AvgIpc) is 1.89. The van der Waals surface area contributed by atoms with E-state index in [4.69, 9.17) is 5.11 Å². The SMILES string of the molecule is C=CC(=O)OC/C=C/O. The minimum atomic E-state index is -0.492. The topological polar surface area (TPSA) is 46.5 Å². The molecule has 0 aliphatic heterocycles. The fourth-order valence-electron chi connectivity index (χ4n) is 0.232. The van der Waals surface area contributed by atoms with Crippen molar-refractivity contribution in [3.05, 3.63) is 25.0 Å². The van der Waals surface area contributed by atoms with Gasteiger partial charge in [-0.05, 0) is 6.08 Å². The summed E-state index contributed by atoms with van der Waals surface area (Å²) in [7, 11) is 0. The van der Waals surface area contributed by atoms with Crippen molar-refractivity contribution in [2.75, 3.05) is 6.61 Å². The van der Waals surface area contributed by atoms with Crippen LogP contribution in [0.3, 0.4) is 0 Å². The number of hydrogen-bond donors (Lipinski definition) is 1. The van der Waals surface area contributed by atoms with Crippen molar-refractivity contribution in [1.82, 2.24) is 0 Å². The molecule has 9 heavy (non-hydrogen) atoms. The van der Waals surface area contributed by atoms with Gasteiger partial charge in [-0.3, -0.25) is 0 Å². The molecule has 0 amide bonds. The average molecular weight is 128 g/mol. The van der Waals surface area contributed by atoms with Crippen LogP contribution in [-0.4, -0.2) is 17.7 Å². The Balaban J connectivity index is 3.27. The summed E-state index contributed by atoms with van der Waals surface area (Å²) in [6, 6.07) is 0. The highest BCUT2D eigenvalue weighted by Gasteiger charge is 1.88. The van der Waals surface area contributed by atoms with Gasteiger partial charge in [-0.15, -0.1) is 0 Å². The lowest BCUT2D eigenvalue weighted by Crippen LogP contribution is -1.98. The van der Waals surface area contributed by atoms with E-state index in [1.165, 1.54) is 6.08 Å². The Hall–Kier alpha value is -1.25. The zero-order valence-electron chi connectivity index (χ0n) is 4.91. The molecule has 0 aliphatic carbocycles. The van der Waals surface area contributed by atoms with Crippen LogP contribution in [-0.2, 0) is 9.53 Å². The lowest BCUT2D eigenvalue weighted by atomic mass is 10.6. The highest BCUT2D eigenvalue weighted by Crippen LogP contribution is 1.78. The quantitative estimate of drug-likeness (QED) is 0.347. The summed E-state index contributed by atoms with van der Waals surface area (Å²) < 4.78 is 4.43. The monoisotopic (exact) mass is 128 g/mol. The van der Waals surface area contributed by atoms with Crippen LogP contribution in [0.15, 0.2) is 25.0 Å². The van der Waals surface area contributed by atoms with E-state index >= 15 is 0 Å². The predicted molar refractivity (Wildman–Crippen MR) is 32.9 cm³/mol. The van der Waals surface area contributed by atoms with Crippen molar-refractivity contribution in [2.45, 2.75) is 0 Å². The molecule has 0 aromatic carbocycles. The van der Waals surface area contributed by atoms with Crippen molar-refractivity contribution in [1.29, 1.82) is 0 Å². The van der Waals surface area contributed by atoms with Crippen molar-refractivity contribution in [3.63, 3.8) is 0 Å². The van der Waals surface area contributed by atoms with Crippen molar-refractivity contribution >= 4 is 5.97 Å². The number of aliphatic hydroxyl groups is 1. The third-order valence-electron chi connectivity index (χ3n) is 0.594. The maximum atomic E-state index is 10.2. The normalized spacial score (nSPS) is 9.33. The van der Waals surface area contributed by atoms with Gasteiger partial charge in [-0.2, -0.15) is 0 Å². The first-order valence-corrected chi connectivity index (χ1v) is 2.39. The Morgan fingerprint density at radius 2 is 2.44 bits per heavy atom. The van der Waals surface area contributed by atoms with Crippen LogP contribution in [0.4, 0.5) is 0 Å². The molecule has 3 heteroatoms. The molecule has 0 aromatic rings. The maximum absolute atomic E-state index is 10.2. The van der Waals surface area contributed by atoms with Gasteiger partial charge in [-0.1, -0.05) is 6.58 Å². The van der Waals surface area contributed by atoms with E-state index in [-0.39, 0.29) is 6.61 Å². The van der Waals surface area contributed by atoms with Gasteiger partial charge in [0.15, 0.2) is 0 Å². The molecule has 0 rings (SSSR count). The van der Waals surface area contributed by atoms with Gasteiger partial charge in [0.05, 0.1) is 6.26 Å². The molecule has 0 aliphatic rings. The molecule has 0 heterocycles. The van der Waals surface area contributed by atoms with E-state index in [0.717, 1.165) is 12.3 Å². The number of aliphatic hydroxyl groups excluding tert-OH is 1. The molecule has 0 saturated carbocycles. The second-order valence-electron chi connectivity index (χ2n) is 1.22. The van der Waals surface area contributed by atoms with Crippen LogP contribution in [0.25, 0.3) is 0 Å². The van der Waals surface area contributed by atoms with Crippen LogP contribution >= 0.6 is 0 Å². The largest absolute Gasteiger partial charge is 0.516 e. The summed E-state index contributed by atoms with van der Waals surface area (Å²) in [4.78, 5) is 10.2. The van der Waals surface area contributed by atoms with Gasteiger partial charge < -0.3 is 9.84 Å².